The fraction of sp³-hybridized carbons (Fsp3) is 0.479. The van der Waals surface area contributed by atoms with Crippen molar-refractivity contribution in [3.63, 3.8) is 0 Å². The van der Waals surface area contributed by atoms with Gasteiger partial charge < -0.3 is 31.1 Å². The van der Waals surface area contributed by atoms with Crippen LogP contribution in [0.15, 0.2) is 66.7 Å². The third-order valence-corrected chi connectivity index (χ3v) is 12.7. The van der Waals surface area contributed by atoms with Gasteiger partial charge in [0.1, 0.15) is 11.6 Å². The molecular formula is C48H54ClF7N8O7. The predicted octanol–water partition coefficient (Wildman–Crippen LogP) is 9.09. The Kier molecular flexibility index (Phi) is 16.7. The van der Waals surface area contributed by atoms with Crippen LogP contribution in [0.3, 0.4) is 0 Å². The summed E-state index contributed by atoms with van der Waals surface area (Å²) in [6.07, 6.45) is -0.795. The zero-order valence-electron chi connectivity index (χ0n) is 39.1. The molecule has 4 aromatic rings. The molecule has 15 nitrogen and oxygen atoms in total. The number of ether oxygens (including phenoxy) is 1. The first-order valence-electron chi connectivity index (χ1n) is 22.8. The molecular weight excluding hydrogens is 969 g/mol. The number of aromatic amines is 1. The molecule has 2 fully saturated rings. The number of nitrogens with one attached hydrogen (secondary N) is 5. The predicted molar refractivity (Wildman–Crippen MR) is 246 cm³/mol. The number of aliphatic carboxylic acids is 1. The zero-order valence-corrected chi connectivity index (χ0v) is 39.8. The van der Waals surface area contributed by atoms with Gasteiger partial charge in [0.25, 0.3) is 5.91 Å². The number of hydrogen-bond acceptors (Lipinski definition) is 9. The molecule has 4 amide bonds. The number of alkyl halides is 7. The summed E-state index contributed by atoms with van der Waals surface area (Å²) in [4.78, 5) is 67.3. The first-order chi connectivity index (χ1) is 33.2. The first-order valence-corrected chi connectivity index (χ1v) is 23.2. The number of H-pyrrole nitrogens is 1. The maximum absolute atomic E-state index is 14.6. The molecule has 2 aliphatic carbocycles. The highest BCUT2D eigenvalue weighted by atomic mass is 35.5. The first kappa shape index (κ1) is 54.1. The molecule has 23 heteroatoms. The number of nitrogens with zero attached hydrogens (tertiary/aromatic N) is 3. The lowest BCUT2D eigenvalue weighted by Crippen LogP contribution is -2.48. The number of benzene rings is 3. The Labute approximate surface area is 409 Å². The van der Waals surface area contributed by atoms with E-state index in [0.717, 1.165) is 18.9 Å². The molecule has 0 radical (unpaired) electrons. The minimum atomic E-state index is -5.50. The number of halogens is 8. The van der Waals surface area contributed by atoms with Crippen LogP contribution in [0.25, 0.3) is 22.5 Å². The summed E-state index contributed by atoms with van der Waals surface area (Å²) >= 11 is 6.07. The molecule has 71 heavy (non-hydrogen) atoms. The normalized spacial score (nSPS) is 19.3. The Hall–Kier alpha value is -6.29. The molecule has 0 spiro atoms. The van der Waals surface area contributed by atoms with Gasteiger partial charge in [-0.25, -0.2) is 19.0 Å². The number of carbonyl (C=O) groups is 5. The van der Waals surface area contributed by atoms with Gasteiger partial charge >= 0.3 is 30.1 Å². The lowest BCUT2D eigenvalue weighted by Gasteiger charge is -2.31. The third kappa shape index (κ3) is 13.8. The van der Waals surface area contributed by atoms with Crippen LogP contribution in [0.2, 0.25) is 0 Å². The second-order valence-electron chi connectivity index (χ2n) is 18.9. The number of carboxylic acids is 1. The zero-order chi connectivity index (χ0) is 52.1. The van der Waals surface area contributed by atoms with E-state index in [0.29, 0.717) is 50.6 Å². The van der Waals surface area contributed by atoms with E-state index < -0.39 is 82.6 Å². The van der Waals surface area contributed by atoms with Gasteiger partial charge in [0.2, 0.25) is 17.6 Å². The van der Waals surface area contributed by atoms with Gasteiger partial charge in [-0.1, -0.05) is 30.3 Å². The standard InChI is InChI=1S/C48H54ClF7N8O7/c1-45(2,3)71-44(70)57-25-27-7-11-30(12-8-27)39(65)60-37(41(67)59-32-16-13-29(14-17-32)38-61-42(63-62-38)46(50,51)47(52,53)43(68)69)23-26-5-9-28(10-6-26)35-22-15-31(24-36(35)48(54,55)56)40(66)58-33-18-20-34(21-19-33)64(4)49/h5-6,9-10,13-17,22,24,27,30,33-34,37H,7-8,11-12,18-21,23,25H2,1-4H3,(H,57,70)(H,58,66)(H,59,67)(H,60,65)(H,68,69)(H,61,62,63). The second kappa shape index (κ2) is 22.0. The van der Waals surface area contributed by atoms with E-state index in [1.807, 2.05) is 0 Å². The highest BCUT2D eigenvalue weighted by molar-refractivity contribution is 6.13. The number of hydrogen-bond donors (Lipinski definition) is 6. The lowest BCUT2D eigenvalue weighted by molar-refractivity contribution is -0.231. The average Bonchev–Trinajstić information content (AvgIpc) is 3.82. The number of amides is 4. The molecule has 1 unspecified atom stereocenters. The van der Waals surface area contributed by atoms with Gasteiger partial charge in [-0.3, -0.25) is 19.5 Å². The van der Waals surface area contributed by atoms with Gasteiger partial charge in [-0.15, -0.1) is 0 Å². The van der Waals surface area contributed by atoms with E-state index in [1.54, 1.807) is 37.3 Å². The molecule has 0 saturated heterocycles. The maximum atomic E-state index is 14.6. The summed E-state index contributed by atoms with van der Waals surface area (Å²) in [6, 6.07) is 13.1. The fourth-order valence-electron chi connectivity index (χ4n) is 8.49. The summed E-state index contributed by atoms with van der Waals surface area (Å²) in [5.74, 6) is -18.2. The van der Waals surface area contributed by atoms with E-state index in [4.69, 9.17) is 21.6 Å². The molecule has 2 saturated carbocycles. The topological polar surface area (TPSA) is 208 Å². The molecule has 384 valence electrons. The van der Waals surface area contributed by atoms with Gasteiger partial charge in [0.05, 0.1) is 5.56 Å². The molecule has 1 heterocycles. The summed E-state index contributed by atoms with van der Waals surface area (Å²) < 4.78 is 107. The van der Waals surface area contributed by atoms with E-state index >= 15 is 0 Å². The van der Waals surface area contributed by atoms with Gasteiger partial charge in [-0.05, 0) is 143 Å². The van der Waals surface area contributed by atoms with Crippen molar-refractivity contribution in [2.75, 3.05) is 18.9 Å². The monoisotopic (exact) mass is 1020 g/mol. The molecule has 1 atom stereocenters. The number of alkyl carbamates (subject to hydrolysis) is 1. The lowest BCUT2D eigenvalue weighted by atomic mass is 9.81. The highest BCUT2D eigenvalue weighted by Crippen LogP contribution is 2.42. The van der Waals surface area contributed by atoms with Crippen LogP contribution in [0.5, 0.6) is 0 Å². The Balaban J connectivity index is 1.17. The summed E-state index contributed by atoms with van der Waals surface area (Å²) in [6.45, 7) is 5.57. The SMILES string of the molecule is CN(Cl)C1CCC(NC(=O)c2ccc(-c3ccc(CC(NC(=O)C4CCC(CNC(=O)OC(C)(C)C)CC4)C(=O)Nc4ccc(-c5n[nH]c(C(F)(F)C(F)(F)C(=O)O)n5)cc4)cc3)c(C(F)(F)F)c2)CC1. The molecule has 0 bridgehead atoms. The van der Waals surface area contributed by atoms with Crippen molar-refractivity contribution in [3.8, 4) is 22.5 Å². The Bertz CT molecular complexity index is 2540. The third-order valence-electron chi connectivity index (χ3n) is 12.5. The quantitative estimate of drug-likeness (QED) is 0.0464. The smallest absolute Gasteiger partial charge is 0.417 e. The molecule has 2 aliphatic rings. The van der Waals surface area contributed by atoms with Crippen molar-refractivity contribution < 1.29 is 64.5 Å². The molecule has 6 N–H and O–H groups in total. The number of rotatable bonds is 16. The highest BCUT2D eigenvalue weighted by Gasteiger charge is 2.65. The molecule has 3 aromatic carbocycles. The van der Waals surface area contributed by atoms with Crippen molar-refractivity contribution in [1.82, 2.24) is 35.6 Å². The van der Waals surface area contributed by atoms with E-state index in [-0.39, 0.29) is 52.4 Å². The minimum absolute atomic E-state index is 0.0160. The van der Waals surface area contributed by atoms with Crippen LogP contribution in [-0.2, 0) is 37.6 Å². The second-order valence-corrected chi connectivity index (χ2v) is 19.4. The van der Waals surface area contributed by atoms with Crippen molar-refractivity contribution in [2.45, 2.75) is 120 Å². The molecule has 1 aromatic heterocycles. The van der Waals surface area contributed by atoms with E-state index in [2.05, 4.69) is 31.3 Å². The average molecular weight is 1020 g/mol. The van der Waals surface area contributed by atoms with Crippen LogP contribution >= 0.6 is 11.8 Å². The Morgan fingerprint density at radius 2 is 1.46 bits per heavy atom. The number of anilines is 1. The maximum Gasteiger partial charge on any atom is 0.417 e. The van der Waals surface area contributed by atoms with Gasteiger partial charge in [0, 0.05) is 54.8 Å². The summed E-state index contributed by atoms with van der Waals surface area (Å²) in [5.41, 5.74) is -1.29. The minimum Gasteiger partial charge on any atom is -0.477 e. The summed E-state index contributed by atoms with van der Waals surface area (Å²) in [5, 5.41) is 24.8. The van der Waals surface area contributed by atoms with Crippen molar-refractivity contribution in [1.29, 1.82) is 0 Å². The molecule has 0 aliphatic heterocycles. The van der Waals surface area contributed by atoms with Crippen molar-refractivity contribution >= 4 is 47.2 Å². The van der Waals surface area contributed by atoms with E-state index in [1.165, 1.54) is 60.7 Å². The number of aromatic nitrogens is 3. The van der Waals surface area contributed by atoms with Crippen LogP contribution in [0.1, 0.15) is 99.4 Å². The van der Waals surface area contributed by atoms with Gasteiger partial charge in [0.15, 0.2) is 5.82 Å². The molecule has 6 rings (SSSR count). The van der Waals surface area contributed by atoms with Crippen LogP contribution in [0, 0.1) is 11.8 Å². The van der Waals surface area contributed by atoms with Crippen LogP contribution in [0.4, 0.5) is 41.2 Å². The number of carboxylic acid groups (broad SMARTS) is 1. The Morgan fingerprint density at radius 3 is 2.04 bits per heavy atom. The van der Waals surface area contributed by atoms with Crippen LogP contribution < -0.4 is 21.3 Å². The summed E-state index contributed by atoms with van der Waals surface area (Å²) in [7, 11) is 1.75. The van der Waals surface area contributed by atoms with Crippen molar-refractivity contribution in [2.24, 2.45) is 11.8 Å². The van der Waals surface area contributed by atoms with E-state index in [9.17, 15) is 54.7 Å². The Morgan fingerprint density at radius 1 is 0.845 bits per heavy atom. The van der Waals surface area contributed by atoms with Gasteiger partial charge in [-0.2, -0.15) is 35.8 Å². The van der Waals surface area contributed by atoms with Crippen LogP contribution in [-0.4, -0.2) is 97.7 Å². The fourth-order valence-corrected chi connectivity index (χ4v) is 8.68. The van der Waals surface area contributed by atoms with Crippen molar-refractivity contribution in [3.05, 3.63) is 89.2 Å². The number of carbonyl (C=O) groups excluding carboxylic acids is 4. The largest absolute Gasteiger partial charge is 0.477 e.